The highest BCUT2D eigenvalue weighted by Crippen LogP contribution is 2.21. The number of carbonyl (C=O) groups excluding carboxylic acids is 1. The van der Waals surface area contributed by atoms with E-state index >= 15 is 0 Å². The van der Waals surface area contributed by atoms with Crippen molar-refractivity contribution in [3.63, 3.8) is 0 Å². The van der Waals surface area contributed by atoms with E-state index in [4.69, 9.17) is 0 Å². The van der Waals surface area contributed by atoms with Crippen LogP contribution in [0, 0.1) is 5.92 Å². The molecule has 1 amide bonds. The van der Waals surface area contributed by atoms with Crippen LogP contribution in [0.15, 0.2) is 42.5 Å². The molecule has 1 aliphatic carbocycles. The Labute approximate surface area is 133 Å². The highest BCUT2D eigenvalue weighted by atomic mass is 16.2. The van der Waals surface area contributed by atoms with Crippen molar-refractivity contribution in [1.29, 1.82) is 0 Å². The normalized spacial score (nSPS) is 23.3. The van der Waals surface area contributed by atoms with Crippen LogP contribution in [0.2, 0.25) is 0 Å². The van der Waals surface area contributed by atoms with Crippen molar-refractivity contribution in [3.8, 4) is 0 Å². The fourth-order valence-electron chi connectivity index (χ4n) is 3.47. The van der Waals surface area contributed by atoms with Crippen LogP contribution in [-0.4, -0.2) is 41.9 Å². The minimum atomic E-state index is 0.227. The van der Waals surface area contributed by atoms with E-state index in [1.54, 1.807) is 0 Å². The zero-order valence-corrected chi connectivity index (χ0v) is 13.3. The molecule has 3 rings (SSSR count). The summed E-state index contributed by atoms with van der Waals surface area (Å²) < 4.78 is 0. The Morgan fingerprint density at radius 1 is 1.05 bits per heavy atom. The molecule has 118 valence electrons. The lowest BCUT2D eigenvalue weighted by Crippen LogP contribution is -2.39. The average molecular weight is 298 g/mol. The van der Waals surface area contributed by atoms with Crippen LogP contribution < -0.4 is 0 Å². The lowest BCUT2D eigenvalue weighted by molar-refractivity contribution is -0.135. The first-order valence-corrected chi connectivity index (χ1v) is 8.53. The molecule has 3 heteroatoms. The number of amides is 1. The molecule has 1 atom stereocenters. The van der Waals surface area contributed by atoms with E-state index in [9.17, 15) is 4.79 Å². The second-order valence-electron chi connectivity index (χ2n) is 6.42. The summed E-state index contributed by atoms with van der Waals surface area (Å²) in [5, 5.41) is 0. The van der Waals surface area contributed by atoms with E-state index in [-0.39, 0.29) is 5.92 Å². The Bertz CT molecular complexity index is 511. The molecule has 0 radical (unpaired) electrons. The Morgan fingerprint density at radius 3 is 2.68 bits per heavy atom. The first-order valence-electron chi connectivity index (χ1n) is 8.53. The van der Waals surface area contributed by atoms with Gasteiger partial charge in [0.2, 0.25) is 5.91 Å². The van der Waals surface area contributed by atoms with Gasteiger partial charge in [0.1, 0.15) is 0 Å². The van der Waals surface area contributed by atoms with Crippen LogP contribution in [0.4, 0.5) is 0 Å². The largest absolute Gasteiger partial charge is 0.341 e. The molecular weight excluding hydrogens is 272 g/mol. The van der Waals surface area contributed by atoms with Crippen molar-refractivity contribution < 1.29 is 4.79 Å². The van der Waals surface area contributed by atoms with Gasteiger partial charge in [0, 0.05) is 38.6 Å². The molecule has 1 aromatic carbocycles. The Balaban J connectivity index is 1.53. The summed E-state index contributed by atoms with van der Waals surface area (Å²) in [7, 11) is 0. The lowest BCUT2D eigenvalue weighted by Gasteiger charge is -2.27. The molecule has 1 aromatic rings. The highest BCUT2D eigenvalue weighted by Gasteiger charge is 2.26. The third-order valence-corrected chi connectivity index (χ3v) is 4.77. The third kappa shape index (κ3) is 3.98. The number of hydrogen-bond acceptors (Lipinski definition) is 2. The molecule has 22 heavy (non-hydrogen) atoms. The lowest BCUT2D eigenvalue weighted by atomic mass is 9.93. The molecule has 1 heterocycles. The molecule has 0 bridgehead atoms. The van der Waals surface area contributed by atoms with E-state index in [1.807, 2.05) is 0 Å². The van der Waals surface area contributed by atoms with Gasteiger partial charge in [0.25, 0.3) is 0 Å². The van der Waals surface area contributed by atoms with Gasteiger partial charge in [0.05, 0.1) is 0 Å². The Morgan fingerprint density at radius 2 is 1.91 bits per heavy atom. The summed E-state index contributed by atoms with van der Waals surface area (Å²) in [6, 6.07) is 10.6. The topological polar surface area (TPSA) is 23.6 Å². The second kappa shape index (κ2) is 7.59. The van der Waals surface area contributed by atoms with E-state index in [2.05, 4.69) is 52.3 Å². The van der Waals surface area contributed by atoms with Gasteiger partial charge in [-0.25, -0.2) is 0 Å². The smallest absolute Gasteiger partial charge is 0.226 e. The summed E-state index contributed by atoms with van der Waals surface area (Å²) in [4.78, 5) is 17.2. The van der Waals surface area contributed by atoms with Gasteiger partial charge in [0.15, 0.2) is 0 Å². The van der Waals surface area contributed by atoms with Crippen LogP contribution in [0.5, 0.6) is 0 Å². The van der Waals surface area contributed by atoms with Gasteiger partial charge in [-0.2, -0.15) is 0 Å². The van der Waals surface area contributed by atoms with E-state index < -0.39 is 0 Å². The minimum Gasteiger partial charge on any atom is -0.341 e. The molecule has 0 spiro atoms. The molecule has 0 aromatic heterocycles. The van der Waals surface area contributed by atoms with Gasteiger partial charge in [-0.15, -0.1) is 0 Å². The summed E-state index contributed by atoms with van der Waals surface area (Å²) in [5.41, 5.74) is 1.36. The number of benzene rings is 1. The maximum atomic E-state index is 12.6. The van der Waals surface area contributed by atoms with Gasteiger partial charge < -0.3 is 4.90 Å². The maximum absolute atomic E-state index is 12.6. The number of nitrogens with zero attached hydrogens (tertiary/aromatic N) is 2. The molecule has 2 aliphatic rings. The van der Waals surface area contributed by atoms with Crippen LogP contribution in [0.25, 0.3) is 0 Å². The quantitative estimate of drug-likeness (QED) is 0.801. The molecule has 3 nitrogen and oxygen atoms in total. The van der Waals surface area contributed by atoms with Crippen LogP contribution in [-0.2, 0) is 11.3 Å². The van der Waals surface area contributed by atoms with Gasteiger partial charge >= 0.3 is 0 Å². The Hall–Kier alpha value is -1.61. The van der Waals surface area contributed by atoms with Crippen molar-refractivity contribution in [2.24, 2.45) is 5.92 Å². The Kier molecular flexibility index (Phi) is 5.28. The van der Waals surface area contributed by atoms with Crippen LogP contribution in [0.3, 0.4) is 0 Å². The average Bonchev–Trinajstić information content (AvgIpc) is 2.82. The monoisotopic (exact) mass is 298 g/mol. The van der Waals surface area contributed by atoms with E-state index in [0.717, 1.165) is 58.4 Å². The summed E-state index contributed by atoms with van der Waals surface area (Å²) in [5.74, 6) is 0.608. The van der Waals surface area contributed by atoms with Crippen molar-refractivity contribution in [2.75, 3.05) is 26.2 Å². The molecule has 1 saturated heterocycles. The van der Waals surface area contributed by atoms with Crippen molar-refractivity contribution in [1.82, 2.24) is 9.80 Å². The standard InChI is InChI=1S/C19H26N2O/c22-19(18-10-5-2-6-11-18)21-13-7-12-20(14-15-21)16-17-8-3-1-4-9-17/h1-5,8-9,18H,6-7,10-16H2. The van der Waals surface area contributed by atoms with Crippen molar-refractivity contribution in [3.05, 3.63) is 48.0 Å². The van der Waals surface area contributed by atoms with E-state index in [1.165, 1.54) is 5.56 Å². The molecule has 1 aliphatic heterocycles. The first kappa shape index (κ1) is 15.3. The zero-order valence-electron chi connectivity index (χ0n) is 13.3. The van der Waals surface area contributed by atoms with Crippen LogP contribution in [0.1, 0.15) is 31.2 Å². The van der Waals surface area contributed by atoms with Crippen molar-refractivity contribution in [2.45, 2.75) is 32.2 Å². The molecular formula is C19H26N2O. The molecule has 1 unspecified atom stereocenters. The summed E-state index contributed by atoms with van der Waals surface area (Å²) in [6.45, 7) is 4.87. The van der Waals surface area contributed by atoms with E-state index in [0.29, 0.717) is 5.91 Å². The fourth-order valence-corrected chi connectivity index (χ4v) is 3.47. The van der Waals surface area contributed by atoms with Crippen molar-refractivity contribution >= 4 is 5.91 Å². The fraction of sp³-hybridized carbons (Fsp3) is 0.526. The molecule has 0 N–H and O–H groups in total. The third-order valence-electron chi connectivity index (χ3n) is 4.77. The zero-order chi connectivity index (χ0) is 15.2. The SMILES string of the molecule is O=C(C1CC=CCC1)N1CCCN(Cc2ccccc2)CC1. The van der Waals surface area contributed by atoms with Gasteiger partial charge in [-0.1, -0.05) is 42.5 Å². The van der Waals surface area contributed by atoms with Crippen LogP contribution >= 0.6 is 0 Å². The number of allylic oxidation sites excluding steroid dienone is 2. The number of carbonyl (C=O) groups is 1. The first-order chi connectivity index (χ1) is 10.8. The molecule has 1 fully saturated rings. The van der Waals surface area contributed by atoms with Gasteiger partial charge in [-0.3, -0.25) is 9.69 Å². The predicted molar refractivity (Wildman–Crippen MR) is 89.4 cm³/mol. The van der Waals surface area contributed by atoms with Gasteiger partial charge in [-0.05, 0) is 31.2 Å². The number of rotatable bonds is 3. The minimum absolute atomic E-state index is 0.227. The summed E-state index contributed by atoms with van der Waals surface area (Å²) in [6.07, 6.45) is 8.48. The maximum Gasteiger partial charge on any atom is 0.226 e. The summed E-state index contributed by atoms with van der Waals surface area (Å²) >= 11 is 0. The highest BCUT2D eigenvalue weighted by molar-refractivity contribution is 5.79. The number of hydrogen-bond donors (Lipinski definition) is 0. The predicted octanol–water partition coefficient (Wildman–Crippen LogP) is 3.08. The molecule has 0 saturated carbocycles. The second-order valence-corrected chi connectivity index (χ2v) is 6.42.